The van der Waals surface area contributed by atoms with E-state index in [0.29, 0.717) is 37.2 Å². The van der Waals surface area contributed by atoms with Crippen molar-refractivity contribution < 1.29 is 14.3 Å². The summed E-state index contributed by atoms with van der Waals surface area (Å²) in [5, 5.41) is 10.4. The van der Waals surface area contributed by atoms with Crippen LogP contribution in [0, 0.1) is 18.7 Å². The highest BCUT2D eigenvalue weighted by Gasteiger charge is 2.31. The van der Waals surface area contributed by atoms with Crippen LogP contribution in [0.2, 0.25) is 0 Å². The first-order valence-electron chi connectivity index (χ1n) is 8.18. The van der Waals surface area contributed by atoms with E-state index in [9.17, 15) is 14.3 Å². The first-order chi connectivity index (χ1) is 11.5. The largest absolute Gasteiger partial charge is 0.391 e. The maximum Gasteiger partial charge on any atom is 0.255 e. The summed E-state index contributed by atoms with van der Waals surface area (Å²) in [5.74, 6) is -0.323. The van der Waals surface area contributed by atoms with E-state index in [1.165, 1.54) is 12.1 Å². The molecule has 0 spiro atoms. The molecule has 126 valence electrons. The van der Waals surface area contributed by atoms with Crippen LogP contribution >= 0.6 is 0 Å². The third-order valence-electron chi connectivity index (χ3n) is 4.63. The summed E-state index contributed by atoms with van der Waals surface area (Å²) in [7, 11) is 0. The van der Waals surface area contributed by atoms with Gasteiger partial charge < -0.3 is 10.0 Å². The van der Waals surface area contributed by atoms with Gasteiger partial charge >= 0.3 is 0 Å². The van der Waals surface area contributed by atoms with Gasteiger partial charge in [-0.25, -0.2) is 4.39 Å². The van der Waals surface area contributed by atoms with E-state index in [1.54, 1.807) is 36.2 Å². The van der Waals surface area contributed by atoms with Crippen LogP contribution in [0.25, 0.3) is 0 Å². The Morgan fingerprint density at radius 1 is 1.38 bits per heavy atom. The second-order valence-electron chi connectivity index (χ2n) is 6.34. The molecule has 0 saturated carbocycles. The Kier molecular flexibility index (Phi) is 4.90. The van der Waals surface area contributed by atoms with Gasteiger partial charge in [-0.2, -0.15) is 0 Å². The van der Waals surface area contributed by atoms with Gasteiger partial charge in [0.25, 0.3) is 5.91 Å². The van der Waals surface area contributed by atoms with E-state index in [4.69, 9.17) is 0 Å². The minimum absolute atomic E-state index is 0.0332. The van der Waals surface area contributed by atoms with Crippen LogP contribution in [0.4, 0.5) is 4.39 Å². The van der Waals surface area contributed by atoms with Gasteiger partial charge in [-0.15, -0.1) is 0 Å². The van der Waals surface area contributed by atoms with Crippen molar-refractivity contribution in [1.29, 1.82) is 0 Å². The lowest BCUT2D eigenvalue weighted by molar-refractivity contribution is 0.0197. The Hall–Kier alpha value is -2.27. The number of aliphatic hydroxyl groups is 1. The zero-order chi connectivity index (χ0) is 17.1. The zero-order valence-corrected chi connectivity index (χ0v) is 13.7. The predicted molar refractivity (Wildman–Crippen MR) is 89.1 cm³/mol. The number of rotatable bonds is 3. The fourth-order valence-corrected chi connectivity index (χ4v) is 3.25. The van der Waals surface area contributed by atoms with Crippen molar-refractivity contribution in [3.8, 4) is 0 Å². The number of hydrogen-bond donors (Lipinski definition) is 1. The highest BCUT2D eigenvalue weighted by molar-refractivity contribution is 5.95. The maximum atomic E-state index is 13.3. The van der Waals surface area contributed by atoms with Gasteiger partial charge in [0.2, 0.25) is 0 Å². The number of nitrogens with zero attached hydrogens (tertiary/aromatic N) is 2. The molecule has 2 aromatic rings. The number of hydrogen-bond acceptors (Lipinski definition) is 3. The molecule has 1 aliphatic heterocycles. The molecule has 5 heteroatoms. The van der Waals surface area contributed by atoms with Crippen molar-refractivity contribution in [2.24, 2.45) is 5.92 Å². The monoisotopic (exact) mass is 328 g/mol. The minimum atomic E-state index is -0.608. The molecule has 1 fully saturated rings. The molecule has 24 heavy (non-hydrogen) atoms. The van der Waals surface area contributed by atoms with E-state index in [1.807, 2.05) is 6.07 Å². The lowest BCUT2D eigenvalue weighted by atomic mass is 9.87. The first-order valence-corrected chi connectivity index (χ1v) is 8.18. The van der Waals surface area contributed by atoms with Crippen molar-refractivity contribution in [2.45, 2.75) is 25.9 Å². The third-order valence-corrected chi connectivity index (χ3v) is 4.63. The number of aliphatic hydroxyl groups excluding tert-OH is 1. The van der Waals surface area contributed by atoms with Crippen LogP contribution in [0.3, 0.4) is 0 Å². The van der Waals surface area contributed by atoms with E-state index >= 15 is 0 Å². The Labute approximate surface area is 141 Å². The molecule has 3 rings (SSSR count). The van der Waals surface area contributed by atoms with Crippen molar-refractivity contribution in [1.82, 2.24) is 9.88 Å². The molecule has 2 atom stereocenters. The molecule has 1 aliphatic rings. The Morgan fingerprint density at radius 3 is 2.92 bits per heavy atom. The Morgan fingerprint density at radius 2 is 2.21 bits per heavy atom. The predicted octanol–water partition coefficient (Wildman–Crippen LogP) is 2.59. The van der Waals surface area contributed by atoms with Crippen molar-refractivity contribution in [3.63, 3.8) is 0 Å². The number of amides is 1. The molecular weight excluding hydrogens is 307 g/mol. The Balaban J connectivity index is 1.65. The first kappa shape index (κ1) is 16.6. The molecular formula is C19H21FN2O2. The van der Waals surface area contributed by atoms with Gasteiger partial charge in [-0.05, 0) is 55.5 Å². The maximum absolute atomic E-state index is 13.3. The number of benzene rings is 1. The molecule has 1 saturated heterocycles. The summed E-state index contributed by atoms with van der Waals surface area (Å²) >= 11 is 0. The number of carbonyl (C=O) groups is 1. The van der Waals surface area contributed by atoms with Crippen LogP contribution in [0.1, 0.15) is 28.0 Å². The average Bonchev–Trinajstić information content (AvgIpc) is 2.56. The number of aromatic nitrogens is 1. The minimum Gasteiger partial charge on any atom is -0.391 e. The highest BCUT2D eigenvalue weighted by atomic mass is 19.1. The number of carbonyl (C=O) groups excluding carboxylic acids is 1. The summed E-state index contributed by atoms with van der Waals surface area (Å²) in [6.45, 7) is 2.69. The standard InChI is InChI=1S/C19H21FN2O2/c1-13-17(6-3-8-21-13)19(24)22-9-7-15(18(23)12-22)10-14-4-2-5-16(20)11-14/h2-6,8,11,15,18,23H,7,9-10,12H2,1H3/t15-,18-/m1/s1. The highest BCUT2D eigenvalue weighted by Crippen LogP contribution is 2.24. The zero-order valence-electron chi connectivity index (χ0n) is 13.7. The lowest BCUT2D eigenvalue weighted by Gasteiger charge is -2.36. The van der Waals surface area contributed by atoms with Gasteiger partial charge in [0.15, 0.2) is 0 Å². The lowest BCUT2D eigenvalue weighted by Crippen LogP contribution is -2.47. The Bertz CT molecular complexity index is 735. The molecule has 0 aliphatic carbocycles. The number of β-amino-alcohol motifs (C(OH)–C–C–N with tert-alkyl or cyclic N) is 1. The average molecular weight is 328 g/mol. The SMILES string of the molecule is Cc1ncccc1C(=O)N1CC[C@H](Cc2cccc(F)c2)[C@H](O)C1. The number of aryl methyl sites for hydroxylation is 1. The third kappa shape index (κ3) is 3.62. The van der Waals surface area contributed by atoms with Crippen LogP contribution in [-0.2, 0) is 6.42 Å². The summed E-state index contributed by atoms with van der Waals surface area (Å²) in [6.07, 6.45) is 2.37. The smallest absolute Gasteiger partial charge is 0.255 e. The molecule has 1 N–H and O–H groups in total. The van der Waals surface area contributed by atoms with E-state index < -0.39 is 6.10 Å². The van der Waals surface area contributed by atoms with Crippen molar-refractivity contribution >= 4 is 5.91 Å². The number of piperidine rings is 1. The van der Waals surface area contributed by atoms with Gasteiger partial charge in [0.1, 0.15) is 5.82 Å². The van der Waals surface area contributed by atoms with Crippen LogP contribution < -0.4 is 0 Å². The van der Waals surface area contributed by atoms with Gasteiger partial charge in [-0.1, -0.05) is 12.1 Å². The summed E-state index contributed by atoms with van der Waals surface area (Å²) in [4.78, 5) is 18.4. The van der Waals surface area contributed by atoms with Crippen LogP contribution in [0.15, 0.2) is 42.6 Å². The molecule has 0 bridgehead atoms. The number of likely N-dealkylation sites (tertiary alicyclic amines) is 1. The fraction of sp³-hybridized carbons (Fsp3) is 0.368. The topological polar surface area (TPSA) is 53.4 Å². The number of halogens is 1. The summed E-state index contributed by atoms with van der Waals surface area (Å²) in [6, 6.07) is 9.97. The normalized spacial score (nSPS) is 20.9. The molecule has 0 radical (unpaired) electrons. The molecule has 0 unspecified atom stereocenters. The number of pyridine rings is 1. The molecule has 1 amide bonds. The van der Waals surface area contributed by atoms with Gasteiger partial charge in [-0.3, -0.25) is 9.78 Å². The van der Waals surface area contributed by atoms with Crippen molar-refractivity contribution in [3.05, 3.63) is 65.2 Å². The van der Waals surface area contributed by atoms with Crippen LogP contribution in [-0.4, -0.2) is 40.1 Å². The molecule has 2 heterocycles. The fourth-order valence-electron chi connectivity index (χ4n) is 3.25. The second kappa shape index (κ2) is 7.09. The second-order valence-corrected chi connectivity index (χ2v) is 6.34. The van der Waals surface area contributed by atoms with Gasteiger partial charge in [0, 0.05) is 25.0 Å². The summed E-state index contributed by atoms with van der Waals surface area (Å²) < 4.78 is 13.3. The van der Waals surface area contributed by atoms with Crippen molar-refractivity contribution in [2.75, 3.05) is 13.1 Å². The van der Waals surface area contributed by atoms with Crippen LogP contribution in [0.5, 0.6) is 0 Å². The molecule has 1 aromatic heterocycles. The summed E-state index contributed by atoms with van der Waals surface area (Å²) in [5.41, 5.74) is 2.15. The van der Waals surface area contributed by atoms with E-state index in [0.717, 1.165) is 5.56 Å². The quantitative estimate of drug-likeness (QED) is 0.942. The van der Waals surface area contributed by atoms with E-state index in [2.05, 4.69) is 4.98 Å². The molecule has 4 nitrogen and oxygen atoms in total. The molecule has 1 aromatic carbocycles. The van der Waals surface area contributed by atoms with E-state index in [-0.39, 0.29) is 17.6 Å². The van der Waals surface area contributed by atoms with Gasteiger partial charge in [0.05, 0.1) is 11.7 Å².